The van der Waals surface area contributed by atoms with Crippen LogP contribution in [0.5, 0.6) is 0 Å². The van der Waals surface area contributed by atoms with Crippen LogP contribution < -0.4 is 5.73 Å². The van der Waals surface area contributed by atoms with Gasteiger partial charge in [-0.1, -0.05) is 12.1 Å². The van der Waals surface area contributed by atoms with Crippen molar-refractivity contribution in [2.24, 2.45) is 11.7 Å². The number of rotatable bonds is 5. The molecule has 0 aromatic heterocycles. The van der Waals surface area contributed by atoms with Crippen LogP contribution in [0.4, 0.5) is 4.39 Å². The molecule has 1 aromatic carbocycles. The maximum Gasteiger partial charge on any atom is 0.242 e. The van der Waals surface area contributed by atoms with E-state index >= 15 is 0 Å². The summed E-state index contributed by atoms with van der Waals surface area (Å²) in [6, 6.07) is 7.26. The Balaban J connectivity index is 1.23. The summed E-state index contributed by atoms with van der Waals surface area (Å²) < 4.78 is 13.2. The molecule has 3 saturated heterocycles. The van der Waals surface area contributed by atoms with E-state index in [4.69, 9.17) is 5.73 Å². The third-order valence-corrected chi connectivity index (χ3v) is 7.34. The van der Waals surface area contributed by atoms with Crippen molar-refractivity contribution in [2.45, 2.75) is 62.4 Å². The van der Waals surface area contributed by atoms with Gasteiger partial charge in [-0.2, -0.15) is 5.26 Å². The Bertz CT molecular complexity index is 915. The second-order valence-corrected chi connectivity index (χ2v) is 9.13. The second kappa shape index (κ2) is 7.03. The van der Waals surface area contributed by atoms with Gasteiger partial charge in [0.25, 0.3) is 0 Å². The van der Waals surface area contributed by atoms with Crippen molar-refractivity contribution in [3.63, 3.8) is 0 Å². The van der Waals surface area contributed by atoms with Gasteiger partial charge in [0, 0.05) is 25.2 Å². The van der Waals surface area contributed by atoms with Crippen molar-refractivity contribution < 1.29 is 14.0 Å². The van der Waals surface area contributed by atoms with Crippen LogP contribution in [0.25, 0.3) is 0 Å². The molecule has 7 nitrogen and oxygen atoms in total. The van der Waals surface area contributed by atoms with Gasteiger partial charge in [-0.25, -0.2) is 4.39 Å². The highest BCUT2D eigenvalue weighted by Gasteiger charge is 2.56. The number of halogens is 1. The van der Waals surface area contributed by atoms with Gasteiger partial charge in [0.05, 0.1) is 24.2 Å². The summed E-state index contributed by atoms with van der Waals surface area (Å²) in [5, 5.41) is 9.33. The van der Waals surface area contributed by atoms with Crippen molar-refractivity contribution in [1.29, 1.82) is 5.26 Å². The van der Waals surface area contributed by atoms with Gasteiger partial charge in [0.1, 0.15) is 11.9 Å². The van der Waals surface area contributed by atoms with Gasteiger partial charge in [-0.3, -0.25) is 14.5 Å². The maximum atomic E-state index is 13.2. The van der Waals surface area contributed by atoms with Gasteiger partial charge in [0.2, 0.25) is 11.8 Å². The van der Waals surface area contributed by atoms with Crippen LogP contribution in [0.3, 0.4) is 0 Å². The van der Waals surface area contributed by atoms with Crippen LogP contribution in [-0.2, 0) is 9.59 Å². The third-order valence-electron chi connectivity index (χ3n) is 7.34. The molecule has 0 spiro atoms. The summed E-state index contributed by atoms with van der Waals surface area (Å²) >= 11 is 0. The Morgan fingerprint density at radius 2 is 2.03 bits per heavy atom. The lowest BCUT2D eigenvalue weighted by atomic mass is 10.1. The smallest absolute Gasteiger partial charge is 0.242 e. The van der Waals surface area contributed by atoms with E-state index in [0.717, 1.165) is 24.8 Å². The lowest BCUT2D eigenvalue weighted by Crippen LogP contribution is -2.57. The van der Waals surface area contributed by atoms with E-state index in [-0.39, 0.29) is 47.8 Å². The molecule has 4 aliphatic rings. The summed E-state index contributed by atoms with van der Waals surface area (Å²) in [6.45, 7) is 2.97. The number of piperidine rings is 1. The summed E-state index contributed by atoms with van der Waals surface area (Å²) in [5.74, 6) is 0.0373. The first-order valence-corrected chi connectivity index (χ1v) is 10.7. The predicted octanol–water partition coefficient (Wildman–Crippen LogP) is 1.01. The molecule has 158 valence electrons. The highest BCUT2D eigenvalue weighted by Crippen LogP contribution is 2.48. The number of amides is 2. The number of nitrogens with two attached hydrogens (primary N) is 1. The Kier molecular flexibility index (Phi) is 4.56. The normalized spacial score (nSPS) is 34.1. The highest BCUT2D eigenvalue weighted by atomic mass is 19.1. The molecular formula is C22H26FN5O2. The maximum absolute atomic E-state index is 13.2. The van der Waals surface area contributed by atoms with Gasteiger partial charge in [0.15, 0.2) is 0 Å². The van der Waals surface area contributed by atoms with Gasteiger partial charge in [-0.15, -0.1) is 0 Å². The van der Waals surface area contributed by atoms with E-state index in [1.54, 1.807) is 17.0 Å². The molecule has 8 heteroatoms. The highest BCUT2D eigenvalue weighted by molar-refractivity contribution is 5.87. The minimum Gasteiger partial charge on any atom is -0.330 e. The van der Waals surface area contributed by atoms with E-state index in [2.05, 4.69) is 6.07 Å². The number of hydrogen-bond acceptors (Lipinski definition) is 5. The Hall–Kier alpha value is -2.50. The second-order valence-electron chi connectivity index (χ2n) is 9.13. The quantitative estimate of drug-likeness (QED) is 0.781. The summed E-state index contributed by atoms with van der Waals surface area (Å²) in [5.41, 5.74) is 7.16. The van der Waals surface area contributed by atoms with E-state index in [1.165, 1.54) is 12.1 Å². The van der Waals surface area contributed by atoms with Crippen molar-refractivity contribution in [1.82, 2.24) is 14.7 Å². The number of benzene rings is 1. The van der Waals surface area contributed by atoms with E-state index < -0.39 is 6.04 Å². The fraction of sp³-hybridized carbons (Fsp3) is 0.591. The van der Waals surface area contributed by atoms with Crippen molar-refractivity contribution in [3.05, 3.63) is 35.6 Å². The van der Waals surface area contributed by atoms with Crippen LogP contribution >= 0.6 is 0 Å². The molecule has 1 aliphatic carbocycles. The van der Waals surface area contributed by atoms with Crippen LogP contribution in [0.1, 0.15) is 37.8 Å². The number of hydrogen-bond donors (Lipinski definition) is 1. The first-order chi connectivity index (χ1) is 14.4. The standard InChI is InChI=1S/C22H26FN5O2/c1-12(13-2-4-15(23)5-3-13)27-17-8-20(22(27)30)26(10-17)11-18(25)21(29)28-16(9-24)6-14-7-19(14)28/h2-5,12,14,16-20H,6-8,10-11,25H2,1H3/t12-,14+,16-,17?,18-,19-,20-/m0/s1. The van der Waals surface area contributed by atoms with Gasteiger partial charge < -0.3 is 15.5 Å². The molecule has 2 N–H and O–H groups in total. The Labute approximate surface area is 175 Å². The lowest BCUT2D eigenvalue weighted by Gasteiger charge is -2.38. The summed E-state index contributed by atoms with van der Waals surface area (Å²) in [4.78, 5) is 31.6. The fourth-order valence-electron chi connectivity index (χ4n) is 5.71. The average molecular weight is 411 g/mol. The zero-order chi connectivity index (χ0) is 21.2. The number of carbonyl (C=O) groups is 2. The molecular weight excluding hydrogens is 385 g/mol. The molecule has 30 heavy (non-hydrogen) atoms. The minimum absolute atomic E-state index is 0.0426. The van der Waals surface area contributed by atoms with Crippen molar-refractivity contribution in [2.75, 3.05) is 13.1 Å². The number of nitriles is 1. The van der Waals surface area contributed by atoms with Crippen LogP contribution in [0.2, 0.25) is 0 Å². The SMILES string of the molecule is C[C@@H](c1ccc(F)cc1)N1C(=O)[C@@H]2CC1CN2C[C@H](N)C(=O)N1[C@H](C#N)C[C@@H]2C[C@@H]21. The monoisotopic (exact) mass is 411 g/mol. The zero-order valence-corrected chi connectivity index (χ0v) is 16.9. The molecule has 1 unspecified atom stereocenters. The third kappa shape index (κ3) is 2.99. The molecule has 2 bridgehead atoms. The molecule has 3 aliphatic heterocycles. The average Bonchev–Trinajstić information content (AvgIpc) is 3.07. The molecule has 7 atom stereocenters. The van der Waals surface area contributed by atoms with E-state index in [9.17, 15) is 19.2 Å². The van der Waals surface area contributed by atoms with Crippen LogP contribution in [0.15, 0.2) is 24.3 Å². The Morgan fingerprint density at radius 3 is 2.70 bits per heavy atom. The topological polar surface area (TPSA) is 93.7 Å². The molecule has 4 fully saturated rings. The molecule has 1 aromatic rings. The number of piperazine rings is 1. The first-order valence-electron chi connectivity index (χ1n) is 10.7. The minimum atomic E-state index is -0.727. The van der Waals surface area contributed by atoms with Crippen molar-refractivity contribution in [3.8, 4) is 6.07 Å². The zero-order valence-electron chi connectivity index (χ0n) is 16.9. The van der Waals surface area contributed by atoms with E-state index in [0.29, 0.717) is 19.0 Å². The number of nitrogens with zero attached hydrogens (tertiary/aromatic N) is 4. The van der Waals surface area contributed by atoms with Crippen molar-refractivity contribution >= 4 is 11.8 Å². The van der Waals surface area contributed by atoms with Crippen LogP contribution in [-0.4, -0.2) is 69.8 Å². The number of likely N-dealkylation sites (tertiary alicyclic amines) is 3. The molecule has 2 amide bonds. The molecule has 3 heterocycles. The van der Waals surface area contributed by atoms with E-state index in [1.807, 2.05) is 16.7 Å². The van der Waals surface area contributed by atoms with Gasteiger partial charge in [-0.05, 0) is 49.8 Å². The summed E-state index contributed by atoms with van der Waals surface area (Å²) in [7, 11) is 0. The largest absolute Gasteiger partial charge is 0.330 e. The van der Waals surface area contributed by atoms with Crippen LogP contribution in [0, 0.1) is 23.1 Å². The summed E-state index contributed by atoms with van der Waals surface area (Å²) in [6.07, 6.45) is 2.45. The first kappa shape index (κ1) is 19.5. The van der Waals surface area contributed by atoms with Gasteiger partial charge >= 0.3 is 0 Å². The number of fused-ring (bicyclic) bond motifs is 3. The Morgan fingerprint density at radius 1 is 1.30 bits per heavy atom. The predicted molar refractivity (Wildman–Crippen MR) is 106 cm³/mol. The molecule has 0 radical (unpaired) electrons. The molecule has 1 saturated carbocycles. The lowest BCUT2D eigenvalue weighted by molar-refractivity contribution is -0.141. The number of carbonyl (C=O) groups excluding carboxylic acids is 2. The fourth-order valence-corrected chi connectivity index (χ4v) is 5.71. The molecule has 5 rings (SSSR count).